The van der Waals surface area contributed by atoms with Gasteiger partial charge in [0, 0.05) is 31.2 Å². The molecule has 1 aliphatic heterocycles. The zero-order valence-electron chi connectivity index (χ0n) is 16.3. The molecule has 1 fully saturated rings. The number of halogens is 1. The van der Waals surface area contributed by atoms with E-state index in [-0.39, 0.29) is 5.43 Å². The lowest BCUT2D eigenvalue weighted by Crippen LogP contribution is -2.29. The third kappa shape index (κ3) is 3.22. The van der Waals surface area contributed by atoms with Crippen molar-refractivity contribution in [1.29, 1.82) is 0 Å². The molecule has 0 saturated carbocycles. The first-order valence-corrected chi connectivity index (χ1v) is 11.3. The third-order valence-corrected chi connectivity index (χ3v) is 7.08. The third-order valence-electron chi connectivity index (χ3n) is 5.71. The second-order valence-electron chi connectivity index (χ2n) is 7.51. The van der Waals surface area contributed by atoms with Crippen molar-refractivity contribution in [2.75, 3.05) is 18.0 Å². The first-order valence-electron chi connectivity index (χ1n) is 10.1. The molecule has 29 heavy (non-hydrogen) atoms. The molecular formula is C23H22ClN3OS. The number of hydrogen-bond donors (Lipinski definition) is 0. The Bertz CT molecular complexity index is 1240. The molecule has 0 bridgehead atoms. The fourth-order valence-electron chi connectivity index (χ4n) is 4.18. The van der Waals surface area contributed by atoms with E-state index >= 15 is 0 Å². The van der Waals surface area contributed by atoms with Gasteiger partial charge in [-0.2, -0.15) is 0 Å². The minimum absolute atomic E-state index is 0.0266. The van der Waals surface area contributed by atoms with E-state index in [0.29, 0.717) is 16.0 Å². The lowest BCUT2D eigenvalue weighted by atomic mass is 10.1. The van der Waals surface area contributed by atoms with Gasteiger partial charge in [0.05, 0.1) is 32.0 Å². The van der Waals surface area contributed by atoms with Gasteiger partial charge in [0.2, 0.25) is 0 Å². The maximum absolute atomic E-state index is 13.5. The molecule has 0 N–H and O–H groups in total. The molecule has 2 aromatic heterocycles. The van der Waals surface area contributed by atoms with Crippen LogP contribution in [-0.2, 0) is 6.54 Å². The first-order chi connectivity index (χ1) is 14.2. The van der Waals surface area contributed by atoms with Gasteiger partial charge < -0.3 is 9.47 Å². The monoisotopic (exact) mass is 423 g/mol. The van der Waals surface area contributed by atoms with Crippen molar-refractivity contribution in [3.05, 3.63) is 57.8 Å². The average molecular weight is 424 g/mol. The number of rotatable bonds is 3. The Balaban J connectivity index is 1.74. The molecule has 1 saturated heterocycles. The highest BCUT2D eigenvalue weighted by atomic mass is 35.5. The van der Waals surface area contributed by atoms with Crippen LogP contribution in [0.2, 0.25) is 5.02 Å². The SMILES string of the molecule is CCn1cc(-c2nc3ccccc3s2)c(=O)c2cc(N3CCCCC3)c(Cl)cc21. The molecule has 0 atom stereocenters. The lowest BCUT2D eigenvalue weighted by Gasteiger charge is -2.30. The number of anilines is 1. The van der Waals surface area contributed by atoms with Crippen LogP contribution in [-0.4, -0.2) is 22.6 Å². The van der Waals surface area contributed by atoms with E-state index in [4.69, 9.17) is 16.6 Å². The number of thiazole rings is 1. The second kappa shape index (κ2) is 7.47. The molecular weight excluding hydrogens is 402 g/mol. The van der Waals surface area contributed by atoms with Crippen LogP contribution in [0, 0.1) is 0 Å². The molecule has 2 aromatic carbocycles. The minimum atomic E-state index is 0.0266. The van der Waals surface area contributed by atoms with Crippen LogP contribution >= 0.6 is 22.9 Å². The number of aromatic nitrogens is 2. The van der Waals surface area contributed by atoms with Gasteiger partial charge in [0.15, 0.2) is 5.43 Å². The van der Waals surface area contributed by atoms with Crippen LogP contribution in [0.25, 0.3) is 31.7 Å². The van der Waals surface area contributed by atoms with Crippen LogP contribution in [0.4, 0.5) is 5.69 Å². The Morgan fingerprint density at radius 1 is 1.14 bits per heavy atom. The number of benzene rings is 2. The zero-order chi connectivity index (χ0) is 20.0. The maximum atomic E-state index is 13.5. The van der Waals surface area contributed by atoms with Gasteiger partial charge in [-0.05, 0) is 50.5 Å². The molecule has 148 valence electrons. The Morgan fingerprint density at radius 2 is 1.93 bits per heavy atom. The summed E-state index contributed by atoms with van der Waals surface area (Å²) in [5.74, 6) is 0. The maximum Gasteiger partial charge on any atom is 0.199 e. The lowest BCUT2D eigenvalue weighted by molar-refractivity contribution is 0.578. The number of piperidine rings is 1. The van der Waals surface area contributed by atoms with E-state index in [1.807, 2.05) is 42.6 Å². The van der Waals surface area contributed by atoms with Crippen molar-refractivity contribution in [3.63, 3.8) is 0 Å². The molecule has 5 rings (SSSR count). The summed E-state index contributed by atoms with van der Waals surface area (Å²) in [4.78, 5) is 20.5. The molecule has 0 radical (unpaired) electrons. The van der Waals surface area contributed by atoms with Gasteiger partial charge in [-0.25, -0.2) is 4.98 Å². The topological polar surface area (TPSA) is 38.1 Å². The van der Waals surface area contributed by atoms with Crippen molar-refractivity contribution >= 4 is 49.7 Å². The average Bonchev–Trinajstić information content (AvgIpc) is 3.18. The van der Waals surface area contributed by atoms with Crippen LogP contribution < -0.4 is 10.3 Å². The highest BCUT2D eigenvalue weighted by Crippen LogP contribution is 2.34. The van der Waals surface area contributed by atoms with Crippen LogP contribution in [0.3, 0.4) is 0 Å². The molecule has 0 unspecified atom stereocenters. The van der Waals surface area contributed by atoms with Crippen molar-refractivity contribution in [1.82, 2.24) is 9.55 Å². The predicted molar refractivity (Wildman–Crippen MR) is 124 cm³/mol. The second-order valence-corrected chi connectivity index (χ2v) is 8.95. The van der Waals surface area contributed by atoms with Gasteiger partial charge in [-0.15, -0.1) is 11.3 Å². The Morgan fingerprint density at radius 3 is 2.69 bits per heavy atom. The Kier molecular flexibility index (Phi) is 4.80. The van der Waals surface area contributed by atoms with Crippen molar-refractivity contribution in [3.8, 4) is 10.6 Å². The van der Waals surface area contributed by atoms with Crippen LogP contribution in [0.5, 0.6) is 0 Å². The quantitative estimate of drug-likeness (QED) is 0.409. The molecule has 3 heterocycles. The van der Waals surface area contributed by atoms with Crippen molar-refractivity contribution in [2.24, 2.45) is 0 Å². The largest absolute Gasteiger partial charge is 0.370 e. The number of nitrogens with zero attached hydrogens (tertiary/aromatic N) is 3. The molecule has 0 aliphatic carbocycles. The first kappa shape index (κ1) is 18.6. The molecule has 0 spiro atoms. The fourth-order valence-corrected chi connectivity index (χ4v) is 5.43. The van der Waals surface area contributed by atoms with Crippen LogP contribution in [0.15, 0.2) is 47.4 Å². The molecule has 4 aromatic rings. The summed E-state index contributed by atoms with van der Waals surface area (Å²) in [6.45, 7) is 4.82. The van der Waals surface area contributed by atoms with Gasteiger partial charge in [-0.3, -0.25) is 4.79 Å². The Hall–Kier alpha value is -2.37. The standard InChI is InChI=1S/C23H22ClN3OS/c1-2-26-14-16(23-25-18-8-4-5-9-21(18)29-23)22(28)15-12-20(17(24)13-19(15)26)27-10-6-3-7-11-27/h4-5,8-9,12-14H,2-3,6-7,10-11H2,1H3. The van der Waals surface area contributed by atoms with Gasteiger partial charge in [0.1, 0.15) is 5.01 Å². The summed E-state index contributed by atoms with van der Waals surface area (Å²) in [6, 6.07) is 12.0. The van der Waals surface area contributed by atoms with E-state index in [9.17, 15) is 4.79 Å². The summed E-state index contributed by atoms with van der Waals surface area (Å²) in [5, 5.41) is 2.21. The van der Waals surface area contributed by atoms with Crippen LogP contribution in [0.1, 0.15) is 26.2 Å². The zero-order valence-corrected chi connectivity index (χ0v) is 17.9. The molecule has 4 nitrogen and oxygen atoms in total. The smallest absolute Gasteiger partial charge is 0.199 e. The molecule has 0 amide bonds. The van der Waals surface area contributed by atoms with E-state index in [1.165, 1.54) is 19.3 Å². The summed E-state index contributed by atoms with van der Waals surface area (Å²) in [5.41, 5.74) is 3.47. The summed E-state index contributed by atoms with van der Waals surface area (Å²) in [7, 11) is 0. The van der Waals surface area contributed by atoms with Gasteiger partial charge >= 0.3 is 0 Å². The fraction of sp³-hybridized carbons (Fsp3) is 0.304. The summed E-state index contributed by atoms with van der Waals surface area (Å²) >= 11 is 8.23. The highest BCUT2D eigenvalue weighted by Gasteiger charge is 2.19. The van der Waals surface area contributed by atoms with E-state index in [1.54, 1.807) is 11.3 Å². The predicted octanol–water partition coefficient (Wildman–Crippen LogP) is 5.94. The Labute approximate surface area is 178 Å². The van der Waals surface area contributed by atoms with Crippen molar-refractivity contribution < 1.29 is 0 Å². The minimum Gasteiger partial charge on any atom is -0.370 e. The van der Waals surface area contributed by atoms with E-state index in [0.717, 1.165) is 46.1 Å². The number of fused-ring (bicyclic) bond motifs is 2. The number of pyridine rings is 1. The van der Waals surface area contributed by atoms with Gasteiger partial charge in [-0.1, -0.05) is 23.7 Å². The normalized spacial score (nSPS) is 14.8. The number of aryl methyl sites for hydroxylation is 1. The van der Waals surface area contributed by atoms with Gasteiger partial charge in [0.25, 0.3) is 0 Å². The summed E-state index contributed by atoms with van der Waals surface area (Å²) < 4.78 is 3.19. The van der Waals surface area contributed by atoms with E-state index < -0.39 is 0 Å². The molecule has 1 aliphatic rings. The number of hydrogen-bond acceptors (Lipinski definition) is 4. The highest BCUT2D eigenvalue weighted by molar-refractivity contribution is 7.21. The number of para-hydroxylation sites is 1. The molecule has 6 heteroatoms. The van der Waals surface area contributed by atoms with Crippen molar-refractivity contribution in [2.45, 2.75) is 32.7 Å². The van der Waals surface area contributed by atoms with E-state index in [2.05, 4.69) is 16.4 Å². The summed E-state index contributed by atoms with van der Waals surface area (Å²) in [6.07, 6.45) is 5.52.